The van der Waals surface area contributed by atoms with Crippen molar-refractivity contribution in [2.75, 3.05) is 33.4 Å². The molecule has 0 aliphatic rings. The average molecular weight is 391 g/mol. The Hall–Kier alpha value is -2.48. The van der Waals surface area contributed by atoms with E-state index in [4.69, 9.17) is 9.26 Å². The second-order valence-corrected chi connectivity index (χ2v) is 5.87. The Kier molecular flexibility index (Phi) is 7.72. The SMILES string of the molecule is COCCNCCNC(=O)c1cc(-c2ccccc2)nc2onc(C)c12.Cl. The number of carbonyl (C=O) groups is 1. The smallest absolute Gasteiger partial charge is 0.259 e. The third kappa shape index (κ3) is 5.03. The van der Waals surface area contributed by atoms with Crippen LogP contribution in [0.15, 0.2) is 40.9 Å². The molecule has 2 N–H and O–H groups in total. The lowest BCUT2D eigenvalue weighted by molar-refractivity contribution is 0.0955. The Morgan fingerprint density at radius 3 is 2.70 bits per heavy atom. The summed E-state index contributed by atoms with van der Waals surface area (Å²) in [6, 6.07) is 11.5. The number of amides is 1. The summed E-state index contributed by atoms with van der Waals surface area (Å²) < 4.78 is 10.3. The van der Waals surface area contributed by atoms with Crippen LogP contribution in [0.1, 0.15) is 16.1 Å². The summed E-state index contributed by atoms with van der Waals surface area (Å²) in [6.07, 6.45) is 0. The van der Waals surface area contributed by atoms with Crippen LogP contribution in [0, 0.1) is 6.92 Å². The zero-order valence-electron chi connectivity index (χ0n) is 15.3. The molecule has 144 valence electrons. The van der Waals surface area contributed by atoms with E-state index in [0.29, 0.717) is 47.7 Å². The number of hydrogen-bond acceptors (Lipinski definition) is 6. The van der Waals surface area contributed by atoms with Crippen molar-refractivity contribution in [1.29, 1.82) is 0 Å². The van der Waals surface area contributed by atoms with E-state index in [-0.39, 0.29) is 18.3 Å². The van der Waals surface area contributed by atoms with Crippen LogP contribution in [0.25, 0.3) is 22.4 Å². The molecule has 3 aromatic rings. The highest BCUT2D eigenvalue weighted by molar-refractivity contribution is 6.06. The Morgan fingerprint density at radius 2 is 1.96 bits per heavy atom. The summed E-state index contributed by atoms with van der Waals surface area (Å²) in [5.74, 6) is -0.172. The number of nitrogens with one attached hydrogen (secondary N) is 2. The van der Waals surface area contributed by atoms with Gasteiger partial charge in [0, 0.05) is 32.3 Å². The van der Waals surface area contributed by atoms with Crippen LogP contribution >= 0.6 is 12.4 Å². The second kappa shape index (κ2) is 10.0. The average Bonchev–Trinajstić information content (AvgIpc) is 3.05. The number of halogens is 1. The van der Waals surface area contributed by atoms with E-state index in [1.54, 1.807) is 20.1 Å². The number of rotatable bonds is 8. The largest absolute Gasteiger partial charge is 0.383 e. The highest BCUT2D eigenvalue weighted by atomic mass is 35.5. The van der Waals surface area contributed by atoms with Crippen LogP contribution in [0.2, 0.25) is 0 Å². The van der Waals surface area contributed by atoms with E-state index in [1.165, 1.54) is 0 Å². The normalized spacial score (nSPS) is 10.6. The summed E-state index contributed by atoms with van der Waals surface area (Å²) in [6.45, 7) is 4.36. The molecule has 0 atom stereocenters. The van der Waals surface area contributed by atoms with E-state index < -0.39 is 0 Å². The number of fused-ring (bicyclic) bond motifs is 1. The van der Waals surface area contributed by atoms with E-state index in [0.717, 1.165) is 12.1 Å². The van der Waals surface area contributed by atoms with E-state index >= 15 is 0 Å². The molecule has 0 saturated carbocycles. The van der Waals surface area contributed by atoms with Crippen LogP contribution in [0.3, 0.4) is 0 Å². The maximum Gasteiger partial charge on any atom is 0.259 e. The minimum atomic E-state index is -0.172. The Morgan fingerprint density at radius 1 is 1.19 bits per heavy atom. The number of hydrogen-bond donors (Lipinski definition) is 2. The van der Waals surface area contributed by atoms with Crippen molar-refractivity contribution in [3.63, 3.8) is 0 Å². The van der Waals surface area contributed by atoms with Gasteiger partial charge in [-0.1, -0.05) is 35.5 Å². The van der Waals surface area contributed by atoms with Gasteiger partial charge in [0.15, 0.2) is 0 Å². The lowest BCUT2D eigenvalue weighted by Crippen LogP contribution is -2.33. The molecule has 0 aliphatic heterocycles. The molecule has 7 nitrogen and oxygen atoms in total. The first-order valence-electron chi connectivity index (χ1n) is 8.51. The third-order valence-corrected chi connectivity index (χ3v) is 4.00. The van der Waals surface area contributed by atoms with Crippen LogP contribution in [0.5, 0.6) is 0 Å². The molecule has 0 radical (unpaired) electrons. The second-order valence-electron chi connectivity index (χ2n) is 5.87. The Balaban J connectivity index is 0.00000261. The summed E-state index contributed by atoms with van der Waals surface area (Å²) in [4.78, 5) is 17.2. The van der Waals surface area contributed by atoms with Gasteiger partial charge in [-0.25, -0.2) is 4.98 Å². The fourth-order valence-electron chi connectivity index (χ4n) is 2.69. The van der Waals surface area contributed by atoms with Crippen molar-refractivity contribution < 1.29 is 14.1 Å². The molecule has 1 aromatic carbocycles. The van der Waals surface area contributed by atoms with Crippen molar-refractivity contribution in [3.05, 3.63) is 47.7 Å². The molecule has 8 heteroatoms. The molecule has 0 fully saturated rings. The van der Waals surface area contributed by atoms with E-state index in [9.17, 15) is 4.79 Å². The number of nitrogens with zero attached hydrogens (tertiary/aromatic N) is 2. The zero-order chi connectivity index (χ0) is 18.4. The minimum Gasteiger partial charge on any atom is -0.383 e. The highest BCUT2D eigenvalue weighted by Crippen LogP contribution is 2.26. The first-order chi connectivity index (χ1) is 12.7. The van der Waals surface area contributed by atoms with Crippen LogP contribution in [-0.2, 0) is 4.74 Å². The molecule has 1 amide bonds. The fraction of sp³-hybridized carbons (Fsp3) is 0.316. The van der Waals surface area contributed by atoms with Crippen LogP contribution in [0.4, 0.5) is 0 Å². The predicted molar refractivity (Wildman–Crippen MR) is 106 cm³/mol. The quantitative estimate of drug-likeness (QED) is 0.575. The van der Waals surface area contributed by atoms with Crippen molar-refractivity contribution in [2.45, 2.75) is 6.92 Å². The highest BCUT2D eigenvalue weighted by Gasteiger charge is 2.19. The number of benzene rings is 1. The zero-order valence-corrected chi connectivity index (χ0v) is 16.1. The first kappa shape index (κ1) is 20.8. The van der Waals surface area contributed by atoms with Gasteiger partial charge in [-0.2, -0.15) is 0 Å². The van der Waals surface area contributed by atoms with Crippen molar-refractivity contribution >= 4 is 29.4 Å². The summed E-state index contributed by atoms with van der Waals surface area (Å²) >= 11 is 0. The number of pyridine rings is 1. The van der Waals surface area contributed by atoms with Gasteiger partial charge in [-0.05, 0) is 13.0 Å². The Bertz CT molecular complexity index is 883. The lowest BCUT2D eigenvalue weighted by Gasteiger charge is -2.09. The fourth-order valence-corrected chi connectivity index (χ4v) is 2.69. The summed E-state index contributed by atoms with van der Waals surface area (Å²) in [5.41, 5.74) is 3.13. The molecule has 3 rings (SSSR count). The minimum absolute atomic E-state index is 0. The number of aryl methyl sites for hydroxylation is 1. The summed E-state index contributed by atoms with van der Waals surface area (Å²) in [7, 11) is 1.66. The van der Waals surface area contributed by atoms with Crippen molar-refractivity contribution in [1.82, 2.24) is 20.8 Å². The predicted octanol–water partition coefficient (Wildman–Crippen LogP) is 2.59. The van der Waals surface area contributed by atoms with Crippen molar-refractivity contribution in [3.8, 4) is 11.3 Å². The van der Waals surface area contributed by atoms with E-state index in [2.05, 4.69) is 20.8 Å². The molecule has 0 bridgehead atoms. The van der Waals surface area contributed by atoms with E-state index in [1.807, 2.05) is 30.3 Å². The topological polar surface area (TPSA) is 89.3 Å². The molecule has 0 aliphatic carbocycles. The van der Waals surface area contributed by atoms with Gasteiger partial charge < -0.3 is 19.9 Å². The third-order valence-electron chi connectivity index (χ3n) is 4.00. The maximum atomic E-state index is 12.7. The van der Waals surface area contributed by atoms with Gasteiger partial charge in [0.05, 0.1) is 28.9 Å². The van der Waals surface area contributed by atoms with Gasteiger partial charge in [-0.3, -0.25) is 4.79 Å². The van der Waals surface area contributed by atoms with Crippen LogP contribution in [-0.4, -0.2) is 49.4 Å². The molecule has 0 spiro atoms. The molecule has 0 saturated heterocycles. The van der Waals surface area contributed by atoms with Gasteiger partial charge in [0.25, 0.3) is 11.6 Å². The molecule has 2 aromatic heterocycles. The standard InChI is InChI=1S/C19H22N4O3.ClH/c1-13-17-15(18(24)21-9-8-20-10-11-25-2)12-16(22-19(17)26-23-13)14-6-4-3-5-7-14;/h3-7,12,20H,8-11H2,1-2H3,(H,21,24);1H. The number of carbonyl (C=O) groups excluding carboxylic acids is 1. The van der Waals surface area contributed by atoms with Gasteiger partial charge in [0.1, 0.15) is 0 Å². The molecule has 2 heterocycles. The summed E-state index contributed by atoms with van der Waals surface area (Å²) in [5, 5.41) is 10.7. The number of ether oxygens (including phenoxy) is 1. The van der Waals surface area contributed by atoms with Gasteiger partial charge in [0.2, 0.25) is 0 Å². The monoisotopic (exact) mass is 390 g/mol. The van der Waals surface area contributed by atoms with Gasteiger partial charge >= 0.3 is 0 Å². The molecule has 0 unspecified atom stereocenters. The molecule has 27 heavy (non-hydrogen) atoms. The first-order valence-corrected chi connectivity index (χ1v) is 8.51. The lowest BCUT2D eigenvalue weighted by atomic mass is 10.1. The van der Waals surface area contributed by atoms with Gasteiger partial charge in [-0.15, -0.1) is 12.4 Å². The molecular weight excluding hydrogens is 368 g/mol. The molecular formula is C19H23ClN4O3. The number of aromatic nitrogens is 2. The number of methoxy groups -OCH3 is 1. The van der Waals surface area contributed by atoms with Crippen LogP contribution < -0.4 is 10.6 Å². The van der Waals surface area contributed by atoms with Crippen molar-refractivity contribution in [2.24, 2.45) is 0 Å². The Labute approximate surface area is 163 Å². The maximum absolute atomic E-state index is 12.7.